The average molecular weight is 369 g/mol. The van der Waals surface area contributed by atoms with Crippen molar-refractivity contribution in [1.82, 2.24) is 4.90 Å². The Kier molecular flexibility index (Phi) is 2.68. The standard InChI is InChI=1S/C22H27NO4/c24-15-6-4-12-8-17-22(26)13-5-7-16(25)20-21(22,18(12)19(15)27-20)14(13)10-23(17)9-11-2-1-3-11/h4,6,11,13-14,16-17,20,24-26H,1-3,5,7-10H2/t13?,14?,16-,17+,20-,21-,22+/m0/s1. The van der Waals surface area contributed by atoms with Gasteiger partial charge in [0, 0.05) is 24.7 Å². The highest BCUT2D eigenvalue weighted by Gasteiger charge is 2.85. The molecule has 4 saturated carbocycles. The molecular formula is C22H27NO4. The molecule has 1 aromatic rings. The third-order valence-electron chi connectivity index (χ3n) is 9.26. The van der Waals surface area contributed by atoms with Gasteiger partial charge in [-0.1, -0.05) is 12.5 Å². The molecule has 1 spiro atoms. The molecule has 4 bridgehead atoms. The van der Waals surface area contributed by atoms with E-state index in [2.05, 4.69) is 4.90 Å². The number of hydrogen-bond acceptors (Lipinski definition) is 5. The first kappa shape index (κ1) is 15.6. The maximum atomic E-state index is 12.3. The van der Waals surface area contributed by atoms with Crippen LogP contribution in [0.5, 0.6) is 11.5 Å². The molecule has 5 nitrogen and oxygen atoms in total. The van der Waals surface area contributed by atoms with Gasteiger partial charge in [-0.3, -0.25) is 4.90 Å². The highest BCUT2D eigenvalue weighted by atomic mass is 16.5. The number of nitrogens with zero attached hydrogens (tertiary/aromatic N) is 1. The lowest BCUT2D eigenvalue weighted by atomic mass is 9.34. The summed E-state index contributed by atoms with van der Waals surface area (Å²) in [5.74, 6) is 2.01. The molecule has 8 rings (SSSR count). The van der Waals surface area contributed by atoms with Crippen LogP contribution in [0.3, 0.4) is 0 Å². The van der Waals surface area contributed by atoms with Crippen molar-refractivity contribution < 1.29 is 20.1 Å². The number of rotatable bonds is 2. The molecule has 144 valence electrons. The normalized spacial score (nSPS) is 49.0. The summed E-state index contributed by atoms with van der Waals surface area (Å²) in [5.41, 5.74) is 0.858. The van der Waals surface area contributed by atoms with Crippen LogP contribution in [-0.2, 0) is 11.8 Å². The lowest BCUT2D eigenvalue weighted by Gasteiger charge is -2.76. The number of aliphatic hydroxyl groups is 2. The second-order valence-electron chi connectivity index (χ2n) is 10.0. The number of piperidine rings is 2. The summed E-state index contributed by atoms with van der Waals surface area (Å²) in [6.45, 7) is 2.09. The third kappa shape index (κ3) is 1.45. The van der Waals surface area contributed by atoms with Crippen LogP contribution in [0.1, 0.15) is 43.2 Å². The number of aliphatic hydroxyl groups excluding tert-OH is 1. The first-order valence-corrected chi connectivity index (χ1v) is 10.7. The van der Waals surface area contributed by atoms with Crippen LogP contribution in [-0.4, -0.2) is 57.2 Å². The number of aromatic hydroxyl groups is 1. The van der Waals surface area contributed by atoms with Gasteiger partial charge in [0.1, 0.15) is 6.10 Å². The van der Waals surface area contributed by atoms with Crippen LogP contribution >= 0.6 is 0 Å². The summed E-state index contributed by atoms with van der Waals surface area (Å²) >= 11 is 0. The van der Waals surface area contributed by atoms with Gasteiger partial charge in [0.2, 0.25) is 0 Å². The second-order valence-corrected chi connectivity index (χ2v) is 10.0. The van der Waals surface area contributed by atoms with Crippen molar-refractivity contribution in [2.24, 2.45) is 17.8 Å². The number of phenols is 1. The van der Waals surface area contributed by atoms with Crippen molar-refractivity contribution in [3.63, 3.8) is 0 Å². The van der Waals surface area contributed by atoms with Gasteiger partial charge in [-0.25, -0.2) is 0 Å². The average Bonchev–Trinajstić information content (AvgIpc) is 2.89. The number of hydrogen-bond donors (Lipinski definition) is 3. The summed E-state index contributed by atoms with van der Waals surface area (Å²) in [7, 11) is 0. The Morgan fingerprint density at radius 1 is 1.15 bits per heavy atom. The molecular weight excluding hydrogens is 342 g/mol. The zero-order valence-electron chi connectivity index (χ0n) is 15.5. The van der Waals surface area contributed by atoms with Gasteiger partial charge in [0.25, 0.3) is 0 Å². The minimum Gasteiger partial charge on any atom is -0.504 e. The van der Waals surface area contributed by atoms with Gasteiger partial charge in [-0.2, -0.15) is 0 Å². The van der Waals surface area contributed by atoms with E-state index in [0.717, 1.165) is 37.4 Å². The van der Waals surface area contributed by atoms with E-state index in [9.17, 15) is 15.3 Å². The molecule has 1 aromatic carbocycles. The fourth-order valence-electron chi connectivity index (χ4n) is 8.13. The van der Waals surface area contributed by atoms with Crippen molar-refractivity contribution in [2.45, 2.75) is 67.8 Å². The van der Waals surface area contributed by atoms with Crippen molar-refractivity contribution in [1.29, 1.82) is 0 Å². The molecule has 0 radical (unpaired) electrons. The predicted molar refractivity (Wildman–Crippen MR) is 97.8 cm³/mol. The van der Waals surface area contributed by atoms with Gasteiger partial charge in [0.15, 0.2) is 11.5 Å². The van der Waals surface area contributed by atoms with Crippen LogP contribution in [0.25, 0.3) is 0 Å². The van der Waals surface area contributed by atoms with Gasteiger partial charge >= 0.3 is 0 Å². The molecule has 2 unspecified atom stereocenters. The monoisotopic (exact) mass is 369 g/mol. The molecule has 7 atom stereocenters. The minimum absolute atomic E-state index is 0.104. The van der Waals surface area contributed by atoms with Gasteiger partial charge in [-0.15, -0.1) is 0 Å². The van der Waals surface area contributed by atoms with Crippen LogP contribution in [0.4, 0.5) is 0 Å². The molecule has 2 aliphatic heterocycles. The summed E-state index contributed by atoms with van der Waals surface area (Å²) in [6, 6.07) is 3.86. The third-order valence-corrected chi connectivity index (χ3v) is 9.26. The van der Waals surface area contributed by atoms with E-state index in [1.807, 2.05) is 6.07 Å². The molecule has 0 amide bonds. The number of fused-ring (bicyclic) bond motifs is 2. The summed E-state index contributed by atoms with van der Waals surface area (Å²) < 4.78 is 6.25. The molecule has 0 aromatic heterocycles. The van der Waals surface area contributed by atoms with Crippen LogP contribution in [0, 0.1) is 17.8 Å². The summed E-state index contributed by atoms with van der Waals surface area (Å²) in [5, 5.41) is 33.7. The largest absolute Gasteiger partial charge is 0.504 e. The highest BCUT2D eigenvalue weighted by molar-refractivity contribution is 5.65. The van der Waals surface area contributed by atoms with Crippen molar-refractivity contribution in [3.05, 3.63) is 23.3 Å². The van der Waals surface area contributed by atoms with E-state index in [4.69, 9.17) is 4.74 Å². The Hall–Kier alpha value is -1.30. The van der Waals surface area contributed by atoms with Gasteiger partial charge in [0.05, 0.1) is 17.1 Å². The molecule has 1 saturated heterocycles. The zero-order chi connectivity index (χ0) is 18.1. The smallest absolute Gasteiger partial charge is 0.165 e. The first-order valence-electron chi connectivity index (χ1n) is 10.7. The minimum atomic E-state index is -0.839. The van der Waals surface area contributed by atoms with Gasteiger partial charge < -0.3 is 20.1 Å². The van der Waals surface area contributed by atoms with Crippen LogP contribution < -0.4 is 4.74 Å². The van der Waals surface area contributed by atoms with Crippen molar-refractivity contribution in [3.8, 4) is 11.5 Å². The molecule has 7 aliphatic rings. The molecule has 2 heterocycles. The molecule has 3 N–H and O–H groups in total. The number of ether oxygens (including phenoxy) is 1. The first-order chi connectivity index (χ1) is 13.1. The quantitative estimate of drug-likeness (QED) is 0.738. The Morgan fingerprint density at radius 3 is 2.78 bits per heavy atom. The lowest BCUT2D eigenvalue weighted by Crippen LogP contribution is -2.89. The van der Waals surface area contributed by atoms with E-state index in [1.165, 1.54) is 24.8 Å². The zero-order valence-corrected chi connectivity index (χ0v) is 15.5. The van der Waals surface area contributed by atoms with E-state index < -0.39 is 23.2 Å². The Bertz CT molecular complexity index is 853. The maximum absolute atomic E-state index is 12.3. The van der Waals surface area contributed by atoms with Gasteiger partial charge in [-0.05, 0) is 61.5 Å². The fourth-order valence-corrected chi connectivity index (χ4v) is 8.13. The van der Waals surface area contributed by atoms with Crippen LogP contribution in [0.15, 0.2) is 12.1 Å². The summed E-state index contributed by atoms with van der Waals surface area (Å²) in [4.78, 5) is 2.57. The second kappa shape index (κ2) is 4.64. The number of phenolic OH excluding ortho intramolecular Hbond substituents is 1. The molecule has 5 fully saturated rings. The Morgan fingerprint density at radius 2 is 2.00 bits per heavy atom. The van der Waals surface area contributed by atoms with E-state index in [-0.39, 0.29) is 17.7 Å². The van der Waals surface area contributed by atoms with Crippen molar-refractivity contribution in [2.75, 3.05) is 13.1 Å². The predicted octanol–water partition coefficient (Wildman–Crippen LogP) is 1.56. The molecule has 27 heavy (non-hydrogen) atoms. The topological polar surface area (TPSA) is 73.2 Å². The van der Waals surface area contributed by atoms with Crippen LogP contribution in [0.2, 0.25) is 0 Å². The molecule has 5 aliphatic carbocycles. The highest BCUT2D eigenvalue weighted by Crippen LogP contribution is 2.76. The fraction of sp³-hybridized carbons (Fsp3) is 0.727. The lowest BCUT2D eigenvalue weighted by molar-refractivity contribution is -0.311. The summed E-state index contributed by atoms with van der Waals surface area (Å²) in [6.07, 6.45) is 5.35. The van der Waals surface area contributed by atoms with E-state index in [0.29, 0.717) is 18.1 Å². The van der Waals surface area contributed by atoms with Crippen molar-refractivity contribution >= 4 is 0 Å². The van der Waals surface area contributed by atoms with E-state index in [1.54, 1.807) is 6.07 Å². The molecule has 5 heteroatoms. The number of benzene rings is 1. The Labute approximate surface area is 158 Å². The Balaban J connectivity index is 1.44. The maximum Gasteiger partial charge on any atom is 0.165 e. The number of likely N-dealkylation sites (tertiary alicyclic amines) is 1. The SMILES string of the molecule is Oc1ccc2c3c1O[C@H]1[C@@H](O)CCC4C5CN(CC6CCC6)[C@H](C2)[C@@]4(O)[C@]351. The van der Waals surface area contributed by atoms with E-state index >= 15 is 0 Å².